The lowest BCUT2D eigenvalue weighted by Crippen LogP contribution is -2.23. The summed E-state index contributed by atoms with van der Waals surface area (Å²) in [4.78, 5) is 15.2. The number of hydrogen-bond acceptors (Lipinski definition) is 2. The normalized spacial score (nSPS) is 10.1. The van der Waals surface area contributed by atoms with Crippen molar-refractivity contribution in [3.63, 3.8) is 0 Å². The van der Waals surface area contributed by atoms with E-state index in [0.717, 1.165) is 16.7 Å². The Morgan fingerprint density at radius 3 is 2.75 bits per heavy atom. The average molecular weight is 322 g/mol. The van der Waals surface area contributed by atoms with Gasteiger partial charge < -0.3 is 15.0 Å². The van der Waals surface area contributed by atoms with Gasteiger partial charge in [0.15, 0.2) is 0 Å². The molecule has 0 unspecified atom stereocenters. The van der Waals surface area contributed by atoms with Crippen LogP contribution in [0.3, 0.4) is 0 Å². The van der Waals surface area contributed by atoms with Crippen LogP contribution in [-0.4, -0.2) is 24.5 Å². The van der Waals surface area contributed by atoms with Crippen LogP contribution >= 0.6 is 0 Å². The van der Waals surface area contributed by atoms with E-state index in [1.54, 1.807) is 25.3 Å². The van der Waals surface area contributed by atoms with Gasteiger partial charge >= 0.3 is 0 Å². The number of aromatic nitrogens is 1. The first-order valence-corrected chi connectivity index (χ1v) is 7.35. The summed E-state index contributed by atoms with van der Waals surface area (Å²) in [6.45, 7) is 0.203. The number of fused-ring (bicyclic) bond motifs is 1. The lowest BCUT2D eigenvalue weighted by molar-refractivity contribution is 0.0954. The van der Waals surface area contributed by atoms with E-state index in [0.29, 0.717) is 11.3 Å². The van der Waals surface area contributed by atoms with Crippen LogP contribution in [0.5, 0.6) is 5.75 Å². The van der Waals surface area contributed by atoms with Crippen molar-refractivity contribution in [2.45, 2.75) is 0 Å². The Bertz CT molecular complexity index is 933. The van der Waals surface area contributed by atoms with E-state index in [9.17, 15) is 9.18 Å². The first kappa shape index (κ1) is 15.6. The minimum atomic E-state index is -0.302. The van der Waals surface area contributed by atoms with Crippen molar-refractivity contribution in [1.82, 2.24) is 10.3 Å². The molecule has 3 rings (SSSR count). The topological polar surface area (TPSA) is 54.1 Å². The quantitative estimate of drug-likeness (QED) is 0.728. The highest BCUT2D eigenvalue weighted by Gasteiger charge is 2.08. The number of rotatable bonds is 3. The molecule has 0 radical (unpaired) electrons. The molecule has 0 atom stereocenters. The highest BCUT2D eigenvalue weighted by molar-refractivity contribution is 5.98. The van der Waals surface area contributed by atoms with Crippen LogP contribution in [0.25, 0.3) is 10.9 Å². The molecule has 120 valence electrons. The van der Waals surface area contributed by atoms with Crippen LogP contribution in [0, 0.1) is 17.7 Å². The molecule has 1 amide bonds. The maximum absolute atomic E-state index is 12.8. The zero-order valence-electron chi connectivity index (χ0n) is 13.0. The Hall–Kier alpha value is -3.26. The van der Waals surface area contributed by atoms with Gasteiger partial charge in [-0.15, -0.1) is 0 Å². The van der Waals surface area contributed by atoms with Crippen molar-refractivity contribution in [2.75, 3.05) is 13.7 Å². The average Bonchev–Trinajstić information content (AvgIpc) is 3.03. The van der Waals surface area contributed by atoms with Gasteiger partial charge in [-0.3, -0.25) is 4.79 Å². The minimum Gasteiger partial charge on any atom is -0.497 e. The number of methoxy groups -OCH3 is 1. The van der Waals surface area contributed by atoms with E-state index >= 15 is 0 Å². The molecule has 1 heterocycles. The third-order valence-electron chi connectivity index (χ3n) is 3.49. The lowest BCUT2D eigenvalue weighted by Gasteiger charge is -1.98. The van der Waals surface area contributed by atoms with E-state index in [1.807, 2.05) is 18.2 Å². The Balaban J connectivity index is 1.64. The molecule has 24 heavy (non-hydrogen) atoms. The highest BCUT2D eigenvalue weighted by Crippen LogP contribution is 2.21. The second kappa shape index (κ2) is 6.88. The maximum atomic E-state index is 12.8. The highest BCUT2D eigenvalue weighted by atomic mass is 19.1. The molecule has 0 bridgehead atoms. The number of nitrogens with one attached hydrogen (secondary N) is 2. The zero-order valence-corrected chi connectivity index (χ0v) is 13.0. The summed E-state index contributed by atoms with van der Waals surface area (Å²) in [5, 5.41) is 3.65. The van der Waals surface area contributed by atoms with Gasteiger partial charge in [0.05, 0.1) is 13.7 Å². The van der Waals surface area contributed by atoms with Crippen molar-refractivity contribution in [2.24, 2.45) is 0 Å². The number of amides is 1. The Morgan fingerprint density at radius 2 is 2.00 bits per heavy atom. The predicted molar refractivity (Wildman–Crippen MR) is 90.5 cm³/mol. The number of ether oxygens (including phenoxy) is 1. The number of halogens is 1. The smallest absolute Gasteiger partial charge is 0.268 e. The third kappa shape index (κ3) is 3.55. The van der Waals surface area contributed by atoms with Gasteiger partial charge in [0.2, 0.25) is 0 Å². The van der Waals surface area contributed by atoms with E-state index in [-0.39, 0.29) is 18.3 Å². The van der Waals surface area contributed by atoms with Crippen LogP contribution in [0.1, 0.15) is 16.1 Å². The first-order chi connectivity index (χ1) is 11.7. The second-order valence-electron chi connectivity index (χ2n) is 5.13. The summed E-state index contributed by atoms with van der Waals surface area (Å²) >= 11 is 0. The second-order valence-corrected chi connectivity index (χ2v) is 5.13. The molecule has 0 spiro atoms. The number of carbonyl (C=O) groups is 1. The van der Waals surface area contributed by atoms with Crippen LogP contribution in [0.15, 0.2) is 48.5 Å². The van der Waals surface area contributed by atoms with Crippen LogP contribution in [0.4, 0.5) is 4.39 Å². The lowest BCUT2D eigenvalue weighted by atomic mass is 10.2. The third-order valence-corrected chi connectivity index (χ3v) is 3.49. The zero-order chi connectivity index (χ0) is 16.9. The predicted octanol–water partition coefficient (Wildman–Crippen LogP) is 3.10. The number of hydrogen-bond donors (Lipinski definition) is 2. The van der Waals surface area contributed by atoms with Gasteiger partial charge in [0.1, 0.15) is 17.3 Å². The molecule has 0 aliphatic rings. The van der Waals surface area contributed by atoms with Crippen LogP contribution in [0.2, 0.25) is 0 Å². The molecule has 3 aromatic rings. The van der Waals surface area contributed by atoms with Gasteiger partial charge in [0.25, 0.3) is 5.91 Å². The summed E-state index contributed by atoms with van der Waals surface area (Å²) in [5.74, 6) is 5.88. The van der Waals surface area contributed by atoms with Gasteiger partial charge in [-0.2, -0.15) is 0 Å². The fraction of sp³-hybridized carbons (Fsp3) is 0.105. The van der Waals surface area contributed by atoms with Crippen LogP contribution in [-0.2, 0) is 0 Å². The minimum absolute atomic E-state index is 0.203. The monoisotopic (exact) mass is 322 g/mol. The molecule has 5 heteroatoms. The summed E-state index contributed by atoms with van der Waals surface area (Å²) in [6, 6.07) is 13.2. The van der Waals surface area contributed by atoms with E-state index in [1.165, 1.54) is 12.1 Å². The van der Waals surface area contributed by atoms with Crippen molar-refractivity contribution < 1.29 is 13.9 Å². The number of aromatic amines is 1. The van der Waals surface area contributed by atoms with Gasteiger partial charge in [0, 0.05) is 22.5 Å². The van der Waals surface area contributed by atoms with Crippen molar-refractivity contribution in [1.29, 1.82) is 0 Å². The largest absolute Gasteiger partial charge is 0.497 e. The standard InChI is InChI=1S/C19H15FN2O2/c1-24-16-9-6-14-11-18(22-17(14)12-16)19(23)21-10-2-3-13-4-7-15(20)8-5-13/h4-9,11-12,22H,10H2,1H3,(H,21,23). The maximum Gasteiger partial charge on any atom is 0.268 e. The van der Waals surface area contributed by atoms with Gasteiger partial charge in [-0.1, -0.05) is 11.8 Å². The van der Waals surface area contributed by atoms with Crippen molar-refractivity contribution in [3.8, 4) is 17.6 Å². The summed E-state index contributed by atoms with van der Waals surface area (Å²) in [5.41, 5.74) is 1.99. The molecular formula is C19H15FN2O2. The van der Waals surface area contributed by atoms with Crippen molar-refractivity contribution in [3.05, 3.63) is 65.6 Å². The fourth-order valence-corrected chi connectivity index (χ4v) is 2.25. The Labute approximate surface area is 138 Å². The van der Waals surface area contributed by atoms with Crippen molar-refractivity contribution >= 4 is 16.8 Å². The summed E-state index contributed by atoms with van der Waals surface area (Å²) in [6.07, 6.45) is 0. The molecule has 2 aromatic carbocycles. The number of carbonyl (C=O) groups excluding carboxylic acids is 1. The molecular weight excluding hydrogens is 307 g/mol. The summed E-state index contributed by atoms with van der Waals surface area (Å²) < 4.78 is 17.9. The Morgan fingerprint density at radius 1 is 1.21 bits per heavy atom. The summed E-state index contributed by atoms with van der Waals surface area (Å²) in [7, 11) is 1.59. The van der Waals surface area contributed by atoms with Gasteiger partial charge in [-0.05, 0) is 42.5 Å². The van der Waals surface area contributed by atoms with Crippen LogP contribution < -0.4 is 10.1 Å². The van der Waals surface area contributed by atoms with E-state index in [2.05, 4.69) is 22.1 Å². The Kier molecular flexibility index (Phi) is 4.48. The number of benzene rings is 2. The molecule has 0 fully saturated rings. The molecule has 0 aliphatic carbocycles. The first-order valence-electron chi connectivity index (χ1n) is 7.35. The van der Waals surface area contributed by atoms with E-state index in [4.69, 9.17) is 4.74 Å². The fourth-order valence-electron chi connectivity index (χ4n) is 2.25. The molecule has 4 nitrogen and oxygen atoms in total. The van der Waals surface area contributed by atoms with E-state index < -0.39 is 0 Å². The molecule has 0 aliphatic heterocycles. The number of H-pyrrole nitrogens is 1. The molecule has 2 N–H and O–H groups in total. The molecule has 0 saturated heterocycles. The SMILES string of the molecule is COc1ccc2cc(C(=O)NCC#Cc3ccc(F)cc3)[nH]c2c1. The van der Waals surface area contributed by atoms with Gasteiger partial charge in [-0.25, -0.2) is 4.39 Å². The molecule has 0 saturated carbocycles. The molecule has 1 aromatic heterocycles.